The first-order valence-corrected chi connectivity index (χ1v) is 5.93. The average Bonchev–Trinajstić information content (AvgIpc) is 2.22. The third kappa shape index (κ3) is 3.31. The number of halogens is 5. The Morgan fingerprint density at radius 3 is 2.22 bits per heavy atom. The highest BCUT2D eigenvalue weighted by atomic mass is 35.5. The van der Waals surface area contributed by atoms with Gasteiger partial charge in [-0.25, -0.2) is 9.97 Å². The van der Waals surface area contributed by atoms with Gasteiger partial charge in [0.15, 0.2) is 0 Å². The first-order valence-electron chi connectivity index (χ1n) is 4.42. The van der Waals surface area contributed by atoms with Gasteiger partial charge in [0.1, 0.15) is 5.15 Å². The Kier molecular flexibility index (Phi) is 5.32. The minimum absolute atomic E-state index is 0. The maximum Gasteiger partial charge on any atom is 0.221 e. The SMILES string of the molecule is Cl.Nc1nc(Cl)cc(-c2cc(Cl)cc(Cl)c2Cl)n1. The first kappa shape index (κ1) is 15.6. The smallest absolute Gasteiger partial charge is 0.221 e. The second kappa shape index (κ2) is 6.13. The zero-order valence-corrected chi connectivity index (χ0v) is 12.5. The van der Waals surface area contributed by atoms with Crippen LogP contribution in [-0.4, -0.2) is 9.97 Å². The van der Waals surface area contributed by atoms with Gasteiger partial charge in [-0.1, -0.05) is 46.4 Å². The molecule has 0 aliphatic heterocycles. The third-order valence-corrected chi connectivity index (χ3v) is 3.19. The predicted octanol–water partition coefficient (Wildman–Crippen LogP) is 4.76. The topological polar surface area (TPSA) is 51.8 Å². The number of hydrogen-bond acceptors (Lipinski definition) is 3. The van der Waals surface area contributed by atoms with Gasteiger partial charge in [-0.3, -0.25) is 0 Å². The summed E-state index contributed by atoms with van der Waals surface area (Å²) in [6, 6.07) is 4.71. The molecule has 2 N–H and O–H groups in total. The van der Waals surface area contributed by atoms with Gasteiger partial charge in [-0.2, -0.15) is 0 Å². The molecule has 1 aromatic heterocycles. The number of benzene rings is 1. The fraction of sp³-hybridized carbons (Fsp3) is 0. The Bertz CT molecular complexity index is 568. The van der Waals surface area contributed by atoms with Gasteiger partial charge in [-0.15, -0.1) is 12.4 Å². The summed E-state index contributed by atoms with van der Waals surface area (Å²) in [5, 5.41) is 1.34. The van der Waals surface area contributed by atoms with Crippen molar-refractivity contribution in [2.45, 2.75) is 0 Å². The molecule has 96 valence electrons. The second-order valence-corrected chi connectivity index (χ2v) is 4.79. The summed E-state index contributed by atoms with van der Waals surface area (Å²) in [5.74, 6) is 0.0552. The van der Waals surface area contributed by atoms with Crippen LogP contribution >= 0.6 is 58.8 Å². The van der Waals surface area contributed by atoms with E-state index in [2.05, 4.69) is 9.97 Å². The van der Waals surface area contributed by atoms with Gasteiger partial charge < -0.3 is 5.73 Å². The lowest BCUT2D eigenvalue weighted by atomic mass is 10.1. The Balaban J connectivity index is 0.00000162. The van der Waals surface area contributed by atoms with Crippen LogP contribution in [0.5, 0.6) is 0 Å². The molecular formula is C10H6Cl5N3. The molecule has 0 aliphatic rings. The van der Waals surface area contributed by atoms with Crippen LogP contribution in [-0.2, 0) is 0 Å². The molecule has 0 saturated heterocycles. The van der Waals surface area contributed by atoms with Gasteiger partial charge >= 0.3 is 0 Å². The fourth-order valence-electron chi connectivity index (χ4n) is 1.32. The number of nitrogens with two attached hydrogens (primary N) is 1. The monoisotopic (exact) mass is 343 g/mol. The molecule has 0 unspecified atom stereocenters. The van der Waals surface area contributed by atoms with E-state index in [4.69, 9.17) is 52.1 Å². The molecule has 1 aromatic carbocycles. The van der Waals surface area contributed by atoms with E-state index in [1.54, 1.807) is 12.1 Å². The van der Waals surface area contributed by atoms with Crippen molar-refractivity contribution < 1.29 is 0 Å². The standard InChI is InChI=1S/C10H5Cl4N3.ClH/c11-4-1-5(9(14)6(12)2-4)7-3-8(13)17-10(15)16-7;/h1-3H,(H2,15,16,17);1H. The van der Waals surface area contributed by atoms with Gasteiger partial charge in [0, 0.05) is 16.7 Å². The van der Waals surface area contributed by atoms with Crippen LogP contribution in [0.15, 0.2) is 18.2 Å². The highest BCUT2D eigenvalue weighted by Crippen LogP contribution is 2.36. The van der Waals surface area contributed by atoms with E-state index in [1.807, 2.05) is 0 Å². The van der Waals surface area contributed by atoms with E-state index in [-0.39, 0.29) is 23.5 Å². The summed E-state index contributed by atoms with van der Waals surface area (Å²) in [4.78, 5) is 7.79. The van der Waals surface area contributed by atoms with E-state index in [9.17, 15) is 0 Å². The van der Waals surface area contributed by atoms with Gasteiger partial charge in [-0.05, 0) is 12.1 Å². The molecule has 1 heterocycles. The molecule has 0 radical (unpaired) electrons. The molecule has 0 bridgehead atoms. The predicted molar refractivity (Wildman–Crippen MR) is 79.2 cm³/mol. The highest BCUT2D eigenvalue weighted by Gasteiger charge is 2.12. The molecular weight excluding hydrogens is 339 g/mol. The average molecular weight is 345 g/mol. The number of anilines is 1. The largest absolute Gasteiger partial charge is 0.368 e. The minimum Gasteiger partial charge on any atom is -0.368 e. The summed E-state index contributed by atoms with van der Waals surface area (Å²) in [6.45, 7) is 0. The molecule has 0 saturated carbocycles. The maximum atomic E-state index is 6.07. The van der Waals surface area contributed by atoms with Crippen molar-refractivity contribution in [2.24, 2.45) is 0 Å². The molecule has 0 aliphatic carbocycles. The van der Waals surface area contributed by atoms with E-state index in [1.165, 1.54) is 6.07 Å². The Morgan fingerprint density at radius 1 is 0.944 bits per heavy atom. The summed E-state index contributed by atoms with van der Waals surface area (Å²) in [7, 11) is 0. The fourth-order valence-corrected chi connectivity index (χ4v) is 2.20. The Hall–Kier alpha value is -0.450. The number of aromatic nitrogens is 2. The number of nitrogen functional groups attached to an aromatic ring is 1. The molecule has 2 aromatic rings. The molecule has 0 fully saturated rings. The van der Waals surface area contributed by atoms with Crippen LogP contribution in [0.25, 0.3) is 11.3 Å². The maximum absolute atomic E-state index is 6.07. The van der Waals surface area contributed by atoms with Crippen molar-refractivity contribution in [1.82, 2.24) is 9.97 Å². The normalized spacial score (nSPS) is 10.0. The number of hydrogen-bond donors (Lipinski definition) is 1. The van der Waals surface area contributed by atoms with Crippen LogP contribution in [0.3, 0.4) is 0 Å². The van der Waals surface area contributed by atoms with Crippen LogP contribution in [0.2, 0.25) is 20.2 Å². The Morgan fingerprint density at radius 2 is 1.61 bits per heavy atom. The summed E-state index contributed by atoms with van der Waals surface area (Å²) >= 11 is 23.7. The Labute approximate surface area is 130 Å². The van der Waals surface area contributed by atoms with Crippen molar-refractivity contribution in [1.29, 1.82) is 0 Å². The lowest BCUT2D eigenvalue weighted by molar-refractivity contribution is 1.19. The third-order valence-electron chi connectivity index (χ3n) is 1.98. The highest BCUT2D eigenvalue weighted by molar-refractivity contribution is 6.45. The number of nitrogens with zero attached hydrogens (tertiary/aromatic N) is 2. The first-order chi connectivity index (χ1) is 7.97. The molecule has 0 spiro atoms. The van der Waals surface area contributed by atoms with Crippen molar-refractivity contribution in [3.63, 3.8) is 0 Å². The van der Waals surface area contributed by atoms with Gasteiger partial charge in [0.25, 0.3) is 0 Å². The molecule has 3 nitrogen and oxygen atoms in total. The van der Waals surface area contributed by atoms with E-state index < -0.39 is 0 Å². The summed E-state index contributed by atoms with van der Waals surface area (Å²) in [6.07, 6.45) is 0. The van der Waals surface area contributed by atoms with Crippen molar-refractivity contribution in [3.05, 3.63) is 38.4 Å². The van der Waals surface area contributed by atoms with Gasteiger partial charge in [0.2, 0.25) is 5.95 Å². The summed E-state index contributed by atoms with van der Waals surface area (Å²) in [5.41, 5.74) is 6.53. The molecule has 0 atom stereocenters. The van der Waals surface area contributed by atoms with E-state index >= 15 is 0 Å². The zero-order valence-electron chi connectivity index (χ0n) is 8.62. The number of rotatable bonds is 1. The van der Waals surface area contributed by atoms with Crippen LogP contribution < -0.4 is 5.73 Å². The molecule has 8 heteroatoms. The van der Waals surface area contributed by atoms with Crippen molar-refractivity contribution >= 4 is 64.8 Å². The minimum atomic E-state index is 0. The van der Waals surface area contributed by atoms with E-state index in [0.29, 0.717) is 26.3 Å². The summed E-state index contributed by atoms with van der Waals surface area (Å²) < 4.78 is 0. The van der Waals surface area contributed by atoms with Gasteiger partial charge in [0.05, 0.1) is 15.7 Å². The molecule has 2 rings (SSSR count). The van der Waals surface area contributed by atoms with Crippen LogP contribution in [0.1, 0.15) is 0 Å². The second-order valence-electron chi connectivity index (χ2n) is 3.18. The lowest BCUT2D eigenvalue weighted by Crippen LogP contribution is -1.97. The molecule has 18 heavy (non-hydrogen) atoms. The quantitative estimate of drug-likeness (QED) is 0.599. The van der Waals surface area contributed by atoms with E-state index in [0.717, 1.165) is 0 Å². The molecule has 0 amide bonds. The van der Waals surface area contributed by atoms with Crippen LogP contribution in [0, 0.1) is 0 Å². The van der Waals surface area contributed by atoms with Crippen molar-refractivity contribution in [2.75, 3.05) is 5.73 Å². The van der Waals surface area contributed by atoms with Crippen LogP contribution in [0.4, 0.5) is 5.95 Å². The van der Waals surface area contributed by atoms with Crippen molar-refractivity contribution in [3.8, 4) is 11.3 Å². The zero-order chi connectivity index (χ0) is 12.6. The lowest BCUT2D eigenvalue weighted by Gasteiger charge is -2.07.